The Labute approximate surface area is 199 Å². The lowest BCUT2D eigenvalue weighted by Gasteiger charge is -2.23. The normalized spacial score (nSPS) is 12.6. The Bertz CT molecular complexity index is 1170. The number of carbonyl (C=O) groups is 1. The van der Waals surface area contributed by atoms with E-state index < -0.39 is 6.09 Å². The molecular weight excluding hydrogens is 432 g/mol. The second-order valence-electron chi connectivity index (χ2n) is 8.70. The summed E-state index contributed by atoms with van der Waals surface area (Å²) in [7, 11) is 3.02. The van der Waals surface area contributed by atoms with Crippen molar-refractivity contribution in [2.75, 3.05) is 30.6 Å². The summed E-state index contributed by atoms with van der Waals surface area (Å²) in [5.41, 5.74) is 5.52. The molecule has 0 fully saturated rings. The van der Waals surface area contributed by atoms with Gasteiger partial charge in [-0.25, -0.2) is 9.69 Å². The van der Waals surface area contributed by atoms with Crippen molar-refractivity contribution >= 4 is 23.2 Å². The topological polar surface area (TPSA) is 82.5 Å². The van der Waals surface area contributed by atoms with Crippen LogP contribution in [0.5, 0.6) is 17.2 Å². The van der Waals surface area contributed by atoms with Crippen molar-refractivity contribution in [2.24, 2.45) is 0 Å². The number of phenols is 1. The zero-order chi connectivity index (χ0) is 24.4. The van der Waals surface area contributed by atoms with E-state index in [4.69, 9.17) is 9.47 Å². The van der Waals surface area contributed by atoms with E-state index in [1.807, 2.05) is 42.5 Å². The third-order valence-electron chi connectivity index (χ3n) is 6.24. The predicted molar refractivity (Wildman–Crippen MR) is 133 cm³/mol. The fourth-order valence-electron chi connectivity index (χ4n) is 4.40. The van der Waals surface area contributed by atoms with Crippen LogP contribution in [0.25, 0.3) is 0 Å². The van der Waals surface area contributed by atoms with Crippen LogP contribution in [0.1, 0.15) is 36.5 Å². The molecule has 0 radical (unpaired) electrons. The third-order valence-corrected chi connectivity index (χ3v) is 6.24. The zero-order valence-electron chi connectivity index (χ0n) is 19.9. The number of carboxylic acid groups (broad SMARTS) is 1. The molecule has 0 spiro atoms. The number of nitrogens with zero attached hydrogens (tertiary/aromatic N) is 2. The van der Waals surface area contributed by atoms with Crippen LogP contribution in [-0.2, 0) is 13.0 Å². The number of methoxy groups -OCH3 is 2. The fraction of sp³-hybridized carbons (Fsp3) is 0.296. The van der Waals surface area contributed by atoms with E-state index in [2.05, 4.69) is 18.7 Å². The predicted octanol–water partition coefficient (Wildman–Crippen LogP) is 5.91. The number of ether oxygens (including phenoxy) is 2. The number of anilines is 3. The minimum atomic E-state index is -1.02. The smallest absolute Gasteiger partial charge is 0.416 e. The van der Waals surface area contributed by atoms with Gasteiger partial charge < -0.3 is 24.6 Å². The first kappa shape index (κ1) is 23.3. The van der Waals surface area contributed by atoms with Gasteiger partial charge in [0, 0.05) is 18.8 Å². The van der Waals surface area contributed by atoms with Gasteiger partial charge in [0.1, 0.15) is 0 Å². The van der Waals surface area contributed by atoms with E-state index in [-0.39, 0.29) is 5.75 Å². The van der Waals surface area contributed by atoms with Crippen LogP contribution in [0.15, 0.2) is 54.6 Å². The van der Waals surface area contributed by atoms with Crippen molar-refractivity contribution in [3.05, 3.63) is 71.3 Å². The Morgan fingerprint density at radius 1 is 1.00 bits per heavy atom. The fourth-order valence-corrected chi connectivity index (χ4v) is 4.40. The molecule has 0 bridgehead atoms. The van der Waals surface area contributed by atoms with Gasteiger partial charge in [-0.05, 0) is 71.5 Å². The molecule has 0 saturated carbocycles. The van der Waals surface area contributed by atoms with Gasteiger partial charge in [0.15, 0.2) is 11.5 Å². The van der Waals surface area contributed by atoms with Gasteiger partial charge in [0.2, 0.25) is 5.75 Å². The monoisotopic (exact) mass is 462 g/mol. The maximum absolute atomic E-state index is 12.1. The molecule has 1 amide bonds. The van der Waals surface area contributed by atoms with Gasteiger partial charge in [-0.15, -0.1) is 0 Å². The van der Waals surface area contributed by atoms with Gasteiger partial charge >= 0.3 is 6.09 Å². The van der Waals surface area contributed by atoms with Crippen molar-refractivity contribution < 1.29 is 24.5 Å². The van der Waals surface area contributed by atoms with Crippen LogP contribution in [-0.4, -0.2) is 37.1 Å². The largest absolute Gasteiger partial charge is 0.502 e. The lowest BCUT2D eigenvalue weighted by Crippen LogP contribution is -2.24. The molecule has 7 heteroatoms. The molecule has 1 aliphatic rings. The molecule has 178 valence electrons. The number of fused-ring (bicyclic) bond motifs is 1. The average molecular weight is 463 g/mol. The van der Waals surface area contributed by atoms with Gasteiger partial charge in [-0.1, -0.05) is 26.0 Å². The van der Waals surface area contributed by atoms with Crippen molar-refractivity contribution in [1.82, 2.24) is 0 Å². The molecule has 3 aromatic carbocycles. The van der Waals surface area contributed by atoms with Gasteiger partial charge in [-0.2, -0.15) is 0 Å². The minimum Gasteiger partial charge on any atom is -0.502 e. The number of aromatic hydroxyl groups is 1. The lowest BCUT2D eigenvalue weighted by atomic mass is 10.0. The molecule has 0 atom stereocenters. The van der Waals surface area contributed by atoms with Crippen molar-refractivity contribution in [3.63, 3.8) is 0 Å². The Morgan fingerprint density at radius 2 is 1.62 bits per heavy atom. The first-order valence-corrected chi connectivity index (χ1v) is 11.3. The summed E-state index contributed by atoms with van der Waals surface area (Å²) in [4.78, 5) is 15.7. The summed E-state index contributed by atoms with van der Waals surface area (Å²) in [5.74, 6) is 1.09. The number of phenolic OH excluding ortho intramolecular Hbond substituents is 1. The van der Waals surface area contributed by atoms with Crippen LogP contribution >= 0.6 is 0 Å². The molecule has 0 saturated heterocycles. The molecule has 0 aromatic heterocycles. The maximum atomic E-state index is 12.1. The molecule has 7 nitrogen and oxygen atoms in total. The molecule has 1 heterocycles. The first-order chi connectivity index (χ1) is 16.3. The highest BCUT2D eigenvalue weighted by Gasteiger charge is 2.24. The second kappa shape index (κ2) is 9.55. The molecule has 34 heavy (non-hydrogen) atoms. The molecule has 3 aromatic rings. The molecule has 4 rings (SSSR count). The van der Waals surface area contributed by atoms with Crippen LogP contribution < -0.4 is 19.3 Å². The minimum absolute atomic E-state index is 0.0181. The first-order valence-electron chi connectivity index (χ1n) is 11.3. The molecular formula is C27H30N2O5. The Kier molecular flexibility index (Phi) is 6.54. The van der Waals surface area contributed by atoms with Crippen molar-refractivity contribution in [2.45, 2.75) is 32.7 Å². The van der Waals surface area contributed by atoms with E-state index >= 15 is 0 Å². The number of hydrogen-bond donors (Lipinski definition) is 2. The maximum Gasteiger partial charge on any atom is 0.416 e. The zero-order valence-corrected chi connectivity index (χ0v) is 19.9. The summed E-state index contributed by atoms with van der Waals surface area (Å²) in [6, 6.07) is 17.1. The van der Waals surface area contributed by atoms with Crippen molar-refractivity contribution in [3.8, 4) is 17.2 Å². The molecule has 1 aliphatic heterocycles. The van der Waals surface area contributed by atoms with Crippen LogP contribution in [0.3, 0.4) is 0 Å². The third kappa shape index (κ3) is 4.46. The van der Waals surface area contributed by atoms with Gasteiger partial charge in [0.05, 0.1) is 25.6 Å². The Hall–Kier alpha value is -3.87. The highest BCUT2D eigenvalue weighted by Crippen LogP contribution is 2.39. The van der Waals surface area contributed by atoms with Crippen LogP contribution in [0.2, 0.25) is 0 Å². The lowest BCUT2D eigenvalue weighted by molar-refractivity contribution is 0.205. The van der Waals surface area contributed by atoms with Gasteiger partial charge in [0.25, 0.3) is 0 Å². The standard InChI is InChI=1S/C27H30N2O5/c1-17(2)19-5-7-21(8-6-19)29(27(31)32)22-9-10-23-20(15-22)11-12-28(23)16-18-13-24(33-3)26(30)25(14-18)34-4/h5-10,13-15,17,30H,11-12,16H2,1-4H3,(H,31,32). The average Bonchev–Trinajstić information content (AvgIpc) is 3.22. The molecule has 0 aliphatic carbocycles. The van der Waals surface area contributed by atoms with E-state index in [0.29, 0.717) is 35.3 Å². The van der Waals surface area contributed by atoms with E-state index in [1.54, 1.807) is 12.1 Å². The number of benzene rings is 3. The summed E-state index contributed by atoms with van der Waals surface area (Å²) in [6.07, 6.45) is -0.203. The van der Waals surface area contributed by atoms with E-state index in [1.165, 1.54) is 24.7 Å². The van der Waals surface area contributed by atoms with E-state index in [9.17, 15) is 15.0 Å². The summed E-state index contributed by atoms with van der Waals surface area (Å²) < 4.78 is 10.6. The number of hydrogen-bond acceptors (Lipinski definition) is 5. The number of amides is 1. The van der Waals surface area contributed by atoms with Crippen LogP contribution in [0.4, 0.5) is 21.9 Å². The van der Waals surface area contributed by atoms with Crippen LogP contribution in [0, 0.1) is 0 Å². The summed E-state index contributed by atoms with van der Waals surface area (Å²) in [6.45, 7) is 5.64. The quantitative estimate of drug-likeness (QED) is 0.454. The molecule has 2 N–H and O–H groups in total. The Morgan fingerprint density at radius 3 is 2.18 bits per heavy atom. The van der Waals surface area contributed by atoms with E-state index in [0.717, 1.165) is 29.8 Å². The SMILES string of the molecule is COc1cc(CN2CCc3cc(N(C(=O)O)c4ccc(C(C)C)cc4)ccc32)cc(OC)c1O. The van der Waals surface area contributed by atoms with Crippen molar-refractivity contribution in [1.29, 1.82) is 0 Å². The molecule has 0 unspecified atom stereocenters. The number of rotatable bonds is 7. The summed E-state index contributed by atoms with van der Waals surface area (Å²) >= 11 is 0. The summed E-state index contributed by atoms with van der Waals surface area (Å²) in [5, 5.41) is 20.1. The Balaban J connectivity index is 1.60. The second-order valence-corrected chi connectivity index (χ2v) is 8.70. The van der Waals surface area contributed by atoms with Gasteiger partial charge in [-0.3, -0.25) is 0 Å². The highest BCUT2D eigenvalue weighted by atomic mass is 16.5. The highest BCUT2D eigenvalue weighted by molar-refractivity contribution is 5.95.